The van der Waals surface area contributed by atoms with Gasteiger partial charge in [0.15, 0.2) is 11.4 Å². The predicted molar refractivity (Wildman–Crippen MR) is 101 cm³/mol. The zero-order chi connectivity index (χ0) is 20.7. The lowest BCUT2D eigenvalue weighted by molar-refractivity contribution is -0.133. The summed E-state index contributed by atoms with van der Waals surface area (Å²) in [6.45, 7) is 10.5. The van der Waals surface area contributed by atoms with Gasteiger partial charge in [0, 0.05) is 18.4 Å². The first-order valence-corrected chi connectivity index (χ1v) is 9.29. The SMILES string of the molecule is CC(C)=CCC1=C2O[C@H](C(C)(C)O)C[C@@]2(O)C(=O)C(C(=O)CC(C)C)=C1O. The van der Waals surface area contributed by atoms with Crippen molar-refractivity contribution in [2.75, 3.05) is 0 Å². The molecule has 6 nitrogen and oxygen atoms in total. The first-order valence-electron chi connectivity index (χ1n) is 9.29. The molecule has 1 saturated heterocycles. The second-order valence-electron chi connectivity index (χ2n) is 8.69. The third-order valence-electron chi connectivity index (χ3n) is 4.89. The fourth-order valence-corrected chi connectivity index (χ4v) is 3.35. The Morgan fingerprint density at radius 2 is 1.96 bits per heavy atom. The average Bonchev–Trinajstić information content (AvgIpc) is 2.86. The summed E-state index contributed by atoms with van der Waals surface area (Å²) < 4.78 is 5.75. The molecule has 1 fully saturated rings. The van der Waals surface area contributed by atoms with Crippen molar-refractivity contribution in [3.05, 3.63) is 34.3 Å². The Hall–Kier alpha value is -1.92. The number of carbonyl (C=O) groups is 2. The second kappa shape index (κ2) is 7.24. The molecule has 0 saturated carbocycles. The molecule has 0 aromatic rings. The van der Waals surface area contributed by atoms with Gasteiger partial charge in [-0.2, -0.15) is 0 Å². The van der Waals surface area contributed by atoms with E-state index in [4.69, 9.17) is 4.74 Å². The van der Waals surface area contributed by atoms with Crippen LogP contribution in [0.2, 0.25) is 0 Å². The molecule has 0 aromatic heterocycles. The number of allylic oxidation sites excluding steroid dienone is 3. The van der Waals surface area contributed by atoms with Gasteiger partial charge < -0.3 is 20.1 Å². The number of carbonyl (C=O) groups excluding carboxylic acids is 2. The Labute approximate surface area is 160 Å². The van der Waals surface area contributed by atoms with E-state index in [2.05, 4.69) is 0 Å². The summed E-state index contributed by atoms with van der Waals surface area (Å²) in [5, 5.41) is 32.2. The summed E-state index contributed by atoms with van der Waals surface area (Å²) in [5.74, 6) is -1.85. The van der Waals surface area contributed by atoms with E-state index in [0.29, 0.717) is 0 Å². The molecule has 0 aromatic carbocycles. The van der Waals surface area contributed by atoms with Crippen LogP contribution in [0.15, 0.2) is 34.3 Å². The number of aliphatic hydroxyl groups is 3. The lowest BCUT2D eigenvalue weighted by atomic mass is 9.76. The molecule has 0 unspecified atom stereocenters. The van der Waals surface area contributed by atoms with E-state index in [0.717, 1.165) is 5.57 Å². The molecule has 3 N–H and O–H groups in total. The Morgan fingerprint density at radius 1 is 1.37 bits per heavy atom. The largest absolute Gasteiger partial charge is 0.507 e. The van der Waals surface area contributed by atoms with Crippen molar-refractivity contribution in [1.29, 1.82) is 0 Å². The van der Waals surface area contributed by atoms with Crippen molar-refractivity contribution >= 4 is 11.6 Å². The van der Waals surface area contributed by atoms with Gasteiger partial charge in [-0.05, 0) is 40.0 Å². The first kappa shape index (κ1) is 21.4. The van der Waals surface area contributed by atoms with Gasteiger partial charge in [-0.25, -0.2) is 0 Å². The van der Waals surface area contributed by atoms with Crippen molar-refractivity contribution in [3.63, 3.8) is 0 Å². The predicted octanol–water partition coefficient (Wildman–Crippen LogP) is 2.90. The maximum absolute atomic E-state index is 13.0. The number of fused-ring (bicyclic) bond motifs is 1. The summed E-state index contributed by atoms with van der Waals surface area (Å²) in [6.07, 6.45) is 1.10. The Bertz CT molecular complexity index is 743. The van der Waals surface area contributed by atoms with Gasteiger partial charge >= 0.3 is 0 Å². The summed E-state index contributed by atoms with van der Waals surface area (Å²) in [5.41, 5.74) is -2.53. The molecule has 1 heterocycles. The highest BCUT2D eigenvalue weighted by molar-refractivity contribution is 6.25. The fraction of sp³-hybridized carbons (Fsp3) is 0.619. The smallest absolute Gasteiger partial charge is 0.209 e. The van der Waals surface area contributed by atoms with E-state index in [-0.39, 0.29) is 42.1 Å². The van der Waals surface area contributed by atoms with Crippen LogP contribution in [0.3, 0.4) is 0 Å². The van der Waals surface area contributed by atoms with Gasteiger partial charge in [0.05, 0.1) is 5.60 Å². The van der Waals surface area contributed by atoms with Crippen LogP contribution in [-0.2, 0) is 14.3 Å². The van der Waals surface area contributed by atoms with Gasteiger partial charge in [0.1, 0.15) is 23.2 Å². The van der Waals surface area contributed by atoms with E-state index >= 15 is 0 Å². The molecule has 6 heteroatoms. The van der Waals surface area contributed by atoms with Gasteiger partial charge in [0.2, 0.25) is 5.78 Å². The van der Waals surface area contributed by atoms with Crippen LogP contribution in [-0.4, -0.2) is 44.2 Å². The van der Waals surface area contributed by atoms with Crippen LogP contribution in [0.5, 0.6) is 0 Å². The third kappa shape index (κ3) is 4.01. The molecule has 0 radical (unpaired) electrons. The Kier molecular flexibility index (Phi) is 5.74. The zero-order valence-electron chi connectivity index (χ0n) is 16.9. The van der Waals surface area contributed by atoms with Gasteiger partial charge in [0.25, 0.3) is 0 Å². The summed E-state index contributed by atoms with van der Waals surface area (Å²) in [4.78, 5) is 25.7. The van der Waals surface area contributed by atoms with E-state index in [1.54, 1.807) is 0 Å². The molecule has 1 aliphatic heterocycles. The summed E-state index contributed by atoms with van der Waals surface area (Å²) >= 11 is 0. The number of hydrogen-bond donors (Lipinski definition) is 3. The van der Waals surface area contributed by atoms with Crippen molar-refractivity contribution in [2.45, 2.75) is 78.1 Å². The zero-order valence-corrected chi connectivity index (χ0v) is 16.9. The molecule has 2 atom stereocenters. The monoisotopic (exact) mass is 378 g/mol. The molecule has 150 valence electrons. The summed E-state index contributed by atoms with van der Waals surface area (Å²) in [7, 11) is 0. The minimum Gasteiger partial charge on any atom is -0.507 e. The second-order valence-corrected chi connectivity index (χ2v) is 8.69. The molecule has 27 heavy (non-hydrogen) atoms. The number of ether oxygens (including phenoxy) is 1. The van der Waals surface area contributed by atoms with Crippen LogP contribution in [0, 0.1) is 5.92 Å². The highest BCUT2D eigenvalue weighted by Crippen LogP contribution is 2.47. The average molecular weight is 378 g/mol. The Morgan fingerprint density at radius 3 is 2.44 bits per heavy atom. The number of ketones is 2. The van der Waals surface area contributed by atoms with Crippen LogP contribution >= 0.6 is 0 Å². The lowest BCUT2D eigenvalue weighted by Crippen LogP contribution is -2.45. The molecule has 0 spiro atoms. The quantitative estimate of drug-likeness (QED) is 0.485. The van der Waals surface area contributed by atoms with Crippen LogP contribution < -0.4 is 0 Å². The van der Waals surface area contributed by atoms with E-state index < -0.39 is 34.6 Å². The highest BCUT2D eigenvalue weighted by Gasteiger charge is 2.58. The number of Topliss-reactive ketones (excluding diaryl/α,β-unsaturated/α-hetero) is 2. The van der Waals surface area contributed by atoms with Crippen molar-refractivity contribution in [1.82, 2.24) is 0 Å². The van der Waals surface area contributed by atoms with Crippen molar-refractivity contribution in [3.8, 4) is 0 Å². The van der Waals surface area contributed by atoms with E-state index in [1.807, 2.05) is 33.8 Å². The Balaban J connectivity index is 2.62. The number of hydrogen-bond acceptors (Lipinski definition) is 6. The summed E-state index contributed by atoms with van der Waals surface area (Å²) in [6, 6.07) is 0. The standard InChI is InChI=1S/C21H30O6/c1-11(2)7-8-13-17(23)16(14(22)9-12(3)4)18(24)21(26)10-15(20(5,6)25)27-19(13)21/h7,12,15,23,25-26H,8-10H2,1-6H3/t15-,21+/m0/s1. The van der Waals surface area contributed by atoms with Gasteiger partial charge in [-0.15, -0.1) is 0 Å². The fourth-order valence-electron chi connectivity index (χ4n) is 3.35. The highest BCUT2D eigenvalue weighted by atomic mass is 16.5. The van der Waals surface area contributed by atoms with Crippen molar-refractivity contribution in [2.24, 2.45) is 5.92 Å². The van der Waals surface area contributed by atoms with Crippen LogP contribution in [0.25, 0.3) is 0 Å². The maximum atomic E-state index is 13.0. The third-order valence-corrected chi connectivity index (χ3v) is 4.89. The molecular formula is C21H30O6. The first-order chi connectivity index (χ1) is 12.3. The van der Waals surface area contributed by atoms with Gasteiger partial charge in [-0.1, -0.05) is 25.5 Å². The molecule has 2 rings (SSSR count). The number of rotatable bonds is 6. The van der Waals surface area contributed by atoms with Crippen LogP contribution in [0.1, 0.15) is 60.8 Å². The molecule has 0 bridgehead atoms. The molecule has 2 aliphatic rings. The molecule has 0 amide bonds. The minimum absolute atomic E-state index is 0.00389. The molecule has 1 aliphatic carbocycles. The topological polar surface area (TPSA) is 104 Å². The van der Waals surface area contributed by atoms with E-state index in [9.17, 15) is 24.9 Å². The van der Waals surface area contributed by atoms with Crippen molar-refractivity contribution < 1.29 is 29.6 Å². The molecular weight excluding hydrogens is 348 g/mol. The van der Waals surface area contributed by atoms with E-state index in [1.165, 1.54) is 13.8 Å². The normalized spacial score (nSPS) is 25.7. The lowest BCUT2D eigenvalue weighted by Gasteiger charge is -2.29. The number of aliphatic hydroxyl groups excluding tert-OH is 1. The van der Waals surface area contributed by atoms with Crippen LogP contribution in [0.4, 0.5) is 0 Å². The van der Waals surface area contributed by atoms with Gasteiger partial charge in [-0.3, -0.25) is 9.59 Å². The maximum Gasteiger partial charge on any atom is 0.209 e. The minimum atomic E-state index is -2.05.